The van der Waals surface area contributed by atoms with E-state index in [9.17, 15) is 25.2 Å². The standard InChI is InChI=1S/C36H69NO5/c1-3-5-7-9-11-13-15-16-17-18-20-22-24-26-28-30-34(40)36(42)37-32(31-38)35(41)33(39)29-27-25-23-21-19-14-12-10-8-6-4-2/h10,12,21,23,32-35,38-41H,3-9,11,13-20,22,24-31H2,1-2H3,(H,37,42)/b12-10+,23-21+. The van der Waals surface area contributed by atoms with Crippen LogP contribution in [0.4, 0.5) is 0 Å². The van der Waals surface area contributed by atoms with E-state index in [1.54, 1.807) is 0 Å². The molecule has 0 bridgehead atoms. The van der Waals surface area contributed by atoms with Gasteiger partial charge in [0.1, 0.15) is 12.2 Å². The van der Waals surface area contributed by atoms with Gasteiger partial charge in [-0.3, -0.25) is 4.79 Å². The first-order valence-electron chi connectivity index (χ1n) is 17.7. The quantitative estimate of drug-likeness (QED) is 0.0411. The first-order chi connectivity index (χ1) is 20.5. The average molecular weight is 596 g/mol. The molecule has 0 saturated carbocycles. The number of carbonyl (C=O) groups is 1. The van der Waals surface area contributed by atoms with E-state index in [-0.39, 0.29) is 0 Å². The molecule has 248 valence electrons. The van der Waals surface area contributed by atoms with Gasteiger partial charge in [0.15, 0.2) is 0 Å². The number of rotatable bonds is 31. The van der Waals surface area contributed by atoms with Crippen molar-refractivity contribution in [1.82, 2.24) is 5.32 Å². The van der Waals surface area contributed by atoms with E-state index < -0.39 is 36.9 Å². The Morgan fingerprint density at radius 3 is 1.48 bits per heavy atom. The number of hydrogen-bond acceptors (Lipinski definition) is 5. The predicted molar refractivity (Wildman–Crippen MR) is 177 cm³/mol. The van der Waals surface area contributed by atoms with Crippen LogP contribution in [0.2, 0.25) is 0 Å². The average Bonchev–Trinajstić information content (AvgIpc) is 2.99. The van der Waals surface area contributed by atoms with Gasteiger partial charge in [0, 0.05) is 0 Å². The lowest BCUT2D eigenvalue weighted by molar-refractivity contribution is -0.132. The highest BCUT2D eigenvalue weighted by Gasteiger charge is 2.28. The van der Waals surface area contributed by atoms with Gasteiger partial charge < -0.3 is 25.7 Å². The van der Waals surface area contributed by atoms with E-state index in [2.05, 4.69) is 43.5 Å². The van der Waals surface area contributed by atoms with Gasteiger partial charge in [-0.05, 0) is 44.9 Å². The first-order valence-corrected chi connectivity index (χ1v) is 17.7. The molecule has 6 nitrogen and oxygen atoms in total. The monoisotopic (exact) mass is 596 g/mol. The topological polar surface area (TPSA) is 110 Å². The van der Waals surface area contributed by atoms with Crippen molar-refractivity contribution in [1.29, 1.82) is 0 Å². The lowest BCUT2D eigenvalue weighted by Crippen LogP contribution is -2.53. The molecule has 4 unspecified atom stereocenters. The van der Waals surface area contributed by atoms with Crippen LogP contribution in [-0.2, 0) is 4.79 Å². The maximum Gasteiger partial charge on any atom is 0.249 e. The number of nitrogens with one attached hydrogen (secondary N) is 1. The van der Waals surface area contributed by atoms with E-state index >= 15 is 0 Å². The SMILES string of the molecule is CCCC/C=C/CC/C=C/CCCC(O)C(O)C(CO)NC(=O)C(O)CCCCCCCCCCCCCCCCC. The van der Waals surface area contributed by atoms with Crippen molar-refractivity contribution in [3.05, 3.63) is 24.3 Å². The molecule has 6 heteroatoms. The molecule has 42 heavy (non-hydrogen) atoms. The van der Waals surface area contributed by atoms with Gasteiger partial charge in [-0.25, -0.2) is 0 Å². The van der Waals surface area contributed by atoms with Crippen molar-refractivity contribution in [2.24, 2.45) is 0 Å². The fourth-order valence-electron chi connectivity index (χ4n) is 5.23. The summed E-state index contributed by atoms with van der Waals surface area (Å²) in [6, 6.07) is -1.00. The van der Waals surface area contributed by atoms with Crippen LogP contribution in [0.25, 0.3) is 0 Å². The third kappa shape index (κ3) is 25.3. The van der Waals surface area contributed by atoms with E-state index in [1.165, 1.54) is 89.9 Å². The van der Waals surface area contributed by atoms with E-state index in [0.717, 1.165) is 44.9 Å². The zero-order valence-electron chi connectivity index (χ0n) is 27.5. The Labute approximate surface area is 259 Å². The fraction of sp³-hybridized carbons (Fsp3) is 0.861. The Hall–Kier alpha value is -1.21. The molecule has 4 atom stereocenters. The third-order valence-corrected chi connectivity index (χ3v) is 8.14. The van der Waals surface area contributed by atoms with Gasteiger partial charge in [-0.1, -0.05) is 147 Å². The predicted octanol–water partition coefficient (Wildman–Crippen LogP) is 8.06. The smallest absolute Gasteiger partial charge is 0.249 e. The molecule has 0 aliphatic rings. The minimum absolute atomic E-state index is 0.363. The molecule has 0 aromatic rings. The summed E-state index contributed by atoms with van der Waals surface area (Å²) in [5, 5.41) is 43.3. The van der Waals surface area contributed by atoms with Crippen LogP contribution in [-0.4, -0.2) is 57.3 Å². The van der Waals surface area contributed by atoms with Crippen molar-refractivity contribution < 1.29 is 25.2 Å². The minimum atomic E-state index is -1.28. The van der Waals surface area contributed by atoms with Gasteiger partial charge in [0.2, 0.25) is 5.91 Å². The summed E-state index contributed by atoms with van der Waals surface area (Å²) in [5.74, 6) is -0.600. The molecule has 0 aliphatic carbocycles. The van der Waals surface area contributed by atoms with Crippen molar-refractivity contribution in [2.75, 3.05) is 6.61 Å². The van der Waals surface area contributed by atoms with E-state index in [1.807, 2.05) is 0 Å². The largest absolute Gasteiger partial charge is 0.394 e. The van der Waals surface area contributed by atoms with Crippen LogP contribution in [0.3, 0.4) is 0 Å². The Morgan fingerprint density at radius 1 is 0.571 bits per heavy atom. The molecule has 0 spiro atoms. The maximum absolute atomic E-state index is 12.4. The number of unbranched alkanes of at least 4 members (excludes halogenated alkanes) is 18. The molecule has 0 saturated heterocycles. The molecule has 0 aliphatic heterocycles. The van der Waals surface area contributed by atoms with Crippen molar-refractivity contribution in [3.63, 3.8) is 0 Å². The van der Waals surface area contributed by atoms with Crippen LogP contribution < -0.4 is 5.32 Å². The third-order valence-electron chi connectivity index (χ3n) is 8.14. The molecular formula is C36H69NO5. The highest BCUT2D eigenvalue weighted by atomic mass is 16.3. The Balaban J connectivity index is 3.87. The molecule has 0 rings (SSSR count). The van der Waals surface area contributed by atoms with Crippen molar-refractivity contribution >= 4 is 5.91 Å². The molecule has 5 N–H and O–H groups in total. The van der Waals surface area contributed by atoms with Gasteiger partial charge in [0.25, 0.3) is 0 Å². The maximum atomic E-state index is 12.4. The number of aliphatic hydroxyl groups is 4. The number of hydrogen-bond donors (Lipinski definition) is 5. The second-order valence-electron chi connectivity index (χ2n) is 12.2. The van der Waals surface area contributed by atoms with Crippen molar-refractivity contribution in [2.45, 2.75) is 192 Å². The number of allylic oxidation sites excluding steroid dienone is 4. The second kappa shape index (κ2) is 31.2. The molecule has 0 heterocycles. The fourth-order valence-corrected chi connectivity index (χ4v) is 5.23. The number of amides is 1. The summed E-state index contributed by atoms with van der Waals surface area (Å²) < 4.78 is 0. The summed E-state index contributed by atoms with van der Waals surface area (Å²) in [5.41, 5.74) is 0. The molecule has 0 radical (unpaired) electrons. The molecule has 0 aromatic heterocycles. The summed E-state index contributed by atoms with van der Waals surface area (Å²) in [6.45, 7) is 3.96. The highest BCUT2D eigenvalue weighted by Crippen LogP contribution is 2.15. The molecular weight excluding hydrogens is 526 g/mol. The lowest BCUT2D eigenvalue weighted by Gasteiger charge is -2.27. The Kier molecular flexibility index (Phi) is 30.3. The molecule has 0 fully saturated rings. The molecule has 0 aromatic carbocycles. The van der Waals surface area contributed by atoms with Gasteiger partial charge in [-0.15, -0.1) is 0 Å². The van der Waals surface area contributed by atoms with Crippen LogP contribution >= 0.6 is 0 Å². The number of aliphatic hydroxyl groups excluding tert-OH is 4. The Morgan fingerprint density at radius 2 is 1.00 bits per heavy atom. The van der Waals surface area contributed by atoms with Crippen LogP contribution in [0.1, 0.15) is 168 Å². The van der Waals surface area contributed by atoms with Crippen LogP contribution in [0.5, 0.6) is 0 Å². The van der Waals surface area contributed by atoms with Crippen LogP contribution in [0, 0.1) is 0 Å². The minimum Gasteiger partial charge on any atom is -0.394 e. The normalized spacial score (nSPS) is 14.9. The van der Waals surface area contributed by atoms with Gasteiger partial charge in [0.05, 0.1) is 18.8 Å². The lowest BCUT2D eigenvalue weighted by atomic mass is 10.00. The van der Waals surface area contributed by atoms with Crippen LogP contribution in [0.15, 0.2) is 24.3 Å². The summed E-state index contributed by atoms with van der Waals surface area (Å²) in [4.78, 5) is 12.4. The summed E-state index contributed by atoms with van der Waals surface area (Å²) in [6.07, 6.45) is 32.0. The first kappa shape index (κ1) is 40.8. The highest BCUT2D eigenvalue weighted by molar-refractivity contribution is 5.80. The van der Waals surface area contributed by atoms with E-state index in [0.29, 0.717) is 19.3 Å². The van der Waals surface area contributed by atoms with E-state index in [4.69, 9.17) is 0 Å². The zero-order valence-corrected chi connectivity index (χ0v) is 27.5. The molecule has 1 amide bonds. The zero-order chi connectivity index (χ0) is 31.1. The Bertz CT molecular complexity index is 638. The number of carbonyl (C=O) groups excluding carboxylic acids is 1. The van der Waals surface area contributed by atoms with Gasteiger partial charge >= 0.3 is 0 Å². The van der Waals surface area contributed by atoms with Gasteiger partial charge in [-0.2, -0.15) is 0 Å². The van der Waals surface area contributed by atoms with Crippen molar-refractivity contribution in [3.8, 4) is 0 Å². The summed E-state index contributed by atoms with van der Waals surface area (Å²) >= 11 is 0. The second-order valence-corrected chi connectivity index (χ2v) is 12.2. The summed E-state index contributed by atoms with van der Waals surface area (Å²) in [7, 11) is 0.